The molecule has 0 aromatic heterocycles. The van der Waals surface area contributed by atoms with Crippen LogP contribution in [0.2, 0.25) is 0 Å². The molecule has 0 unspecified atom stereocenters. The number of hydrogen-bond acceptors (Lipinski definition) is 4. The standard InChI is InChI=1S/C10H16O4/c1-9(2)7(13-5-11)10(3,4)8(9)14-6-12/h5-8H,1-4H3. The third-order valence-corrected chi connectivity index (χ3v) is 3.09. The predicted octanol–water partition coefficient (Wildman–Crippen LogP) is 1.14. The van der Waals surface area contributed by atoms with Gasteiger partial charge in [0.1, 0.15) is 12.2 Å². The molecule has 0 spiro atoms. The zero-order valence-corrected chi connectivity index (χ0v) is 8.94. The maximum Gasteiger partial charge on any atom is 0.293 e. The molecule has 4 nitrogen and oxygen atoms in total. The van der Waals surface area contributed by atoms with Crippen molar-refractivity contribution in [1.82, 2.24) is 0 Å². The van der Waals surface area contributed by atoms with E-state index in [0.717, 1.165) is 0 Å². The van der Waals surface area contributed by atoms with Gasteiger partial charge < -0.3 is 9.47 Å². The van der Waals surface area contributed by atoms with Crippen molar-refractivity contribution in [2.75, 3.05) is 0 Å². The van der Waals surface area contributed by atoms with Crippen LogP contribution in [0.15, 0.2) is 0 Å². The highest BCUT2D eigenvalue weighted by atomic mass is 16.6. The highest BCUT2D eigenvalue weighted by Crippen LogP contribution is 2.56. The molecule has 80 valence electrons. The Labute approximate surface area is 83.6 Å². The average Bonchev–Trinajstić information content (AvgIpc) is 2.09. The zero-order valence-electron chi connectivity index (χ0n) is 8.94. The summed E-state index contributed by atoms with van der Waals surface area (Å²) >= 11 is 0. The van der Waals surface area contributed by atoms with Crippen LogP contribution in [-0.2, 0) is 19.1 Å². The Bertz CT molecular complexity index is 207. The van der Waals surface area contributed by atoms with E-state index in [1.807, 2.05) is 27.7 Å². The lowest BCUT2D eigenvalue weighted by Crippen LogP contribution is -2.69. The van der Waals surface area contributed by atoms with Crippen molar-refractivity contribution < 1.29 is 19.1 Å². The molecule has 14 heavy (non-hydrogen) atoms. The van der Waals surface area contributed by atoms with Crippen molar-refractivity contribution in [3.05, 3.63) is 0 Å². The summed E-state index contributed by atoms with van der Waals surface area (Å²) in [5.41, 5.74) is -0.628. The molecule has 1 aliphatic rings. The summed E-state index contributed by atoms with van der Waals surface area (Å²) in [5, 5.41) is 0. The molecule has 0 N–H and O–H groups in total. The topological polar surface area (TPSA) is 52.6 Å². The van der Waals surface area contributed by atoms with Gasteiger partial charge in [-0.2, -0.15) is 0 Å². The largest absolute Gasteiger partial charge is 0.463 e. The van der Waals surface area contributed by atoms with E-state index in [2.05, 4.69) is 0 Å². The van der Waals surface area contributed by atoms with Gasteiger partial charge in [-0.1, -0.05) is 27.7 Å². The van der Waals surface area contributed by atoms with Gasteiger partial charge in [-0.15, -0.1) is 0 Å². The number of ether oxygens (including phenoxy) is 2. The van der Waals surface area contributed by atoms with Crippen molar-refractivity contribution >= 4 is 12.9 Å². The Morgan fingerprint density at radius 2 is 1.14 bits per heavy atom. The summed E-state index contributed by atoms with van der Waals surface area (Å²) in [5.74, 6) is 0. The van der Waals surface area contributed by atoms with Gasteiger partial charge in [-0.05, 0) is 0 Å². The molecule has 1 aliphatic carbocycles. The van der Waals surface area contributed by atoms with Crippen molar-refractivity contribution in [1.29, 1.82) is 0 Å². The van der Waals surface area contributed by atoms with Gasteiger partial charge in [0.25, 0.3) is 12.9 Å². The molecule has 4 heteroatoms. The molecular formula is C10H16O4. The van der Waals surface area contributed by atoms with E-state index in [4.69, 9.17) is 9.47 Å². The second-order valence-corrected chi connectivity index (χ2v) is 4.87. The van der Waals surface area contributed by atoms with Gasteiger partial charge >= 0.3 is 0 Å². The summed E-state index contributed by atoms with van der Waals surface area (Å²) in [7, 11) is 0. The zero-order chi connectivity index (χ0) is 11.0. The Balaban J connectivity index is 2.82. The lowest BCUT2D eigenvalue weighted by molar-refractivity contribution is -0.258. The van der Waals surface area contributed by atoms with E-state index in [1.54, 1.807) is 0 Å². The first kappa shape index (κ1) is 11.0. The smallest absolute Gasteiger partial charge is 0.293 e. The Morgan fingerprint density at radius 1 is 0.857 bits per heavy atom. The van der Waals surface area contributed by atoms with Gasteiger partial charge in [0, 0.05) is 10.8 Å². The highest BCUT2D eigenvalue weighted by molar-refractivity contribution is 5.41. The van der Waals surface area contributed by atoms with Crippen molar-refractivity contribution in [3.63, 3.8) is 0 Å². The van der Waals surface area contributed by atoms with E-state index >= 15 is 0 Å². The lowest BCUT2D eigenvalue weighted by Gasteiger charge is -2.60. The van der Waals surface area contributed by atoms with E-state index in [1.165, 1.54) is 0 Å². The minimum atomic E-state index is -0.314. The third-order valence-electron chi connectivity index (χ3n) is 3.09. The van der Waals surface area contributed by atoms with Gasteiger partial charge in [-0.3, -0.25) is 9.59 Å². The minimum absolute atomic E-state index is 0.211. The van der Waals surface area contributed by atoms with Crippen LogP contribution in [0.4, 0.5) is 0 Å². The summed E-state index contributed by atoms with van der Waals surface area (Å²) in [4.78, 5) is 20.6. The molecule has 0 radical (unpaired) electrons. The van der Waals surface area contributed by atoms with Crippen LogP contribution in [0.25, 0.3) is 0 Å². The average molecular weight is 200 g/mol. The van der Waals surface area contributed by atoms with Crippen molar-refractivity contribution in [2.45, 2.75) is 39.9 Å². The maximum absolute atomic E-state index is 10.3. The second-order valence-electron chi connectivity index (χ2n) is 4.87. The van der Waals surface area contributed by atoms with Crippen LogP contribution < -0.4 is 0 Å². The van der Waals surface area contributed by atoms with Crippen LogP contribution in [0.5, 0.6) is 0 Å². The third kappa shape index (κ3) is 1.29. The van der Waals surface area contributed by atoms with Crippen LogP contribution in [0.3, 0.4) is 0 Å². The molecule has 0 aromatic carbocycles. The van der Waals surface area contributed by atoms with E-state index in [0.29, 0.717) is 12.9 Å². The highest BCUT2D eigenvalue weighted by Gasteiger charge is 2.65. The molecule has 0 atom stereocenters. The maximum atomic E-state index is 10.3. The Kier molecular flexibility index (Phi) is 2.56. The molecule has 0 amide bonds. The van der Waals surface area contributed by atoms with Crippen LogP contribution in [-0.4, -0.2) is 25.2 Å². The molecule has 0 saturated heterocycles. The van der Waals surface area contributed by atoms with Crippen molar-refractivity contribution in [2.24, 2.45) is 10.8 Å². The predicted molar refractivity (Wildman–Crippen MR) is 49.4 cm³/mol. The summed E-state index contributed by atoms with van der Waals surface area (Å²) in [6.07, 6.45) is -0.421. The fourth-order valence-corrected chi connectivity index (χ4v) is 2.91. The van der Waals surface area contributed by atoms with Gasteiger partial charge in [0.15, 0.2) is 0 Å². The summed E-state index contributed by atoms with van der Waals surface area (Å²) in [6.45, 7) is 8.57. The molecule has 0 aliphatic heterocycles. The fourth-order valence-electron chi connectivity index (χ4n) is 2.91. The summed E-state index contributed by atoms with van der Waals surface area (Å²) in [6, 6.07) is 0. The molecule has 1 fully saturated rings. The molecule has 1 saturated carbocycles. The first-order chi connectivity index (χ1) is 6.39. The molecule has 0 heterocycles. The monoisotopic (exact) mass is 200 g/mol. The number of rotatable bonds is 4. The quantitative estimate of drug-likeness (QED) is 0.638. The number of carbonyl (C=O) groups is 2. The minimum Gasteiger partial charge on any atom is -0.463 e. The van der Waals surface area contributed by atoms with E-state index in [-0.39, 0.29) is 23.0 Å². The van der Waals surface area contributed by atoms with Crippen LogP contribution >= 0.6 is 0 Å². The van der Waals surface area contributed by atoms with Crippen LogP contribution in [0, 0.1) is 10.8 Å². The normalized spacial score (nSPS) is 32.6. The molecule has 0 bridgehead atoms. The first-order valence-corrected chi connectivity index (χ1v) is 4.57. The SMILES string of the molecule is CC1(C)C(OC=O)C(C)(C)C1OC=O. The van der Waals surface area contributed by atoms with E-state index < -0.39 is 0 Å². The fraction of sp³-hybridized carbons (Fsp3) is 0.800. The van der Waals surface area contributed by atoms with Gasteiger partial charge in [0.2, 0.25) is 0 Å². The lowest BCUT2D eigenvalue weighted by atomic mass is 9.51. The summed E-state index contributed by atoms with van der Waals surface area (Å²) < 4.78 is 10.0. The first-order valence-electron chi connectivity index (χ1n) is 4.57. The van der Waals surface area contributed by atoms with Crippen LogP contribution in [0.1, 0.15) is 27.7 Å². The Hall–Kier alpha value is -1.06. The van der Waals surface area contributed by atoms with Gasteiger partial charge in [0.05, 0.1) is 0 Å². The van der Waals surface area contributed by atoms with Gasteiger partial charge in [-0.25, -0.2) is 0 Å². The number of carbonyl (C=O) groups excluding carboxylic acids is 2. The van der Waals surface area contributed by atoms with E-state index in [9.17, 15) is 9.59 Å². The van der Waals surface area contributed by atoms with Crippen molar-refractivity contribution in [3.8, 4) is 0 Å². The molecule has 1 rings (SSSR count). The molecule has 0 aromatic rings. The molecular weight excluding hydrogens is 184 g/mol. The number of hydrogen-bond donors (Lipinski definition) is 0. The second kappa shape index (κ2) is 3.26. The Morgan fingerprint density at radius 3 is 1.36 bits per heavy atom.